The molecular weight excluding hydrogens is 284 g/mol. The summed E-state index contributed by atoms with van der Waals surface area (Å²) in [5.74, 6) is 0.768. The van der Waals surface area contributed by atoms with Gasteiger partial charge >= 0.3 is 0 Å². The molecule has 1 saturated heterocycles. The number of hydrogen-bond acceptors (Lipinski definition) is 2. The molecule has 116 valence electrons. The minimum atomic E-state index is -0.0939. The number of benzene rings is 1. The van der Waals surface area contributed by atoms with Gasteiger partial charge in [-0.15, -0.1) is 0 Å². The molecule has 3 atom stereocenters. The van der Waals surface area contributed by atoms with Crippen LogP contribution in [0.3, 0.4) is 0 Å². The Morgan fingerprint density at radius 2 is 2.05 bits per heavy atom. The molecule has 21 heavy (non-hydrogen) atoms. The summed E-state index contributed by atoms with van der Waals surface area (Å²) in [5.41, 5.74) is 1.06. The van der Waals surface area contributed by atoms with Crippen LogP contribution in [0.1, 0.15) is 52.3 Å². The van der Waals surface area contributed by atoms with E-state index in [0.29, 0.717) is 10.9 Å². The molecule has 1 heterocycles. The molecule has 2 rings (SSSR count). The minimum absolute atomic E-state index is 0.0742. The van der Waals surface area contributed by atoms with Crippen molar-refractivity contribution in [3.8, 4) is 0 Å². The van der Waals surface area contributed by atoms with Gasteiger partial charge in [-0.2, -0.15) is 0 Å². The van der Waals surface area contributed by atoms with Gasteiger partial charge in [0.05, 0.1) is 6.04 Å². The Morgan fingerprint density at radius 3 is 2.62 bits per heavy atom. The molecule has 4 heteroatoms. The molecule has 1 N–H and O–H groups in total. The van der Waals surface area contributed by atoms with E-state index in [4.69, 9.17) is 11.6 Å². The Morgan fingerprint density at radius 1 is 1.33 bits per heavy atom. The molecule has 0 aromatic heterocycles. The van der Waals surface area contributed by atoms with Crippen LogP contribution in [0.2, 0.25) is 5.02 Å². The summed E-state index contributed by atoms with van der Waals surface area (Å²) < 4.78 is 0. The Bertz CT molecular complexity index is 503. The van der Waals surface area contributed by atoms with Gasteiger partial charge in [-0.1, -0.05) is 44.5 Å². The van der Waals surface area contributed by atoms with Crippen LogP contribution < -0.4 is 5.32 Å². The maximum atomic E-state index is 12.7. The van der Waals surface area contributed by atoms with Crippen molar-refractivity contribution in [3.05, 3.63) is 34.9 Å². The Balaban J connectivity index is 2.30. The normalized spacial score (nSPS) is 23.9. The summed E-state index contributed by atoms with van der Waals surface area (Å²) in [6.45, 7) is 8.56. The fourth-order valence-electron chi connectivity index (χ4n) is 3.14. The molecule has 1 amide bonds. The molecule has 0 bridgehead atoms. The number of carbonyl (C=O) groups is 1. The molecular formula is C17H25ClN2O. The van der Waals surface area contributed by atoms with Crippen LogP contribution in [-0.4, -0.2) is 22.9 Å². The van der Waals surface area contributed by atoms with Crippen molar-refractivity contribution in [2.75, 3.05) is 0 Å². The number of rotatable bonds is 5. The number of nitrogens with zero attached hydrogens (tertiary/aromatic N) is 1. The van der Waals surface area contributed by atoms with E-state index in [1.54, 1.807) is 0 Å². The monoisotopic (exact) mass is 308 g/mol. The first-order valence-electron chi connectivity index (χ1n) is 7.77. The zero-order valence-corrected chi connectivity index (χ0v) is 14.0. The van der Waals surface area contributed by atoms with Crippen molar-refractivity contribution in [3.63, 3.8) is 0 Å². The van der Waals surface area contributed by atoms with Crippen molar-refractivity contribution >= 4 is 17.5 Å². The van der Waals surface area contributed by atoms with Crippen molar-refractivity contribution in [1.82, 2.24) is 10.2 Å². The smallest absolute Gasteiger partial charge is 0.241 e. The maximum absolute atomic E-state index is 12.7. The lowest BCUT2D eigenvalue weighted by molar-refractivity contribution is -0.132. The quantitative estimate of drug-likeness (QED) is 0.892. The summed E-state index contributed by atoms with van der Waals surface area (Å²) in [4.78, 5) is 14.7. The predicted molar refractivity (Wildman–Crippen MR) is 87.2 cm³/mol. The van der Waals surface area contributed by atoms with E-state index in [-0.39, 0.29) is 24.2 Å². The van der Waals surface area contributed by atoms with E-state index in [2.05, 4.69) is 26.1 Å². The molecule has 1 aliphatic rings. The van der Waals surface area contributed by atoms with E-state index in [0.717, 1.165) is 18.4 Å². The zero-order chi connectivity index (χ0) is 15.6. The van der Waals surface area contributed by atoms with Gasteiger partial charge in [-0.05, 0) is 43.4 Å². The molecule has 1 fully saturated rings. The fraction of sp³-hybridized carbons (Fsp3) is 0.588. The van der Waals surface area contributed by atoms with Gasteiger partial charge in [0.25, 0.3) is 0 Å². The van der Waals surface area contributed by atoms with Gasteiger partial charge < -0.3 is 4.90 Å². The molecule has 3 nitrogen and oxygen atoms in total. The molecule has 1 aliphatic heterocycles. The van der Waals surface area contributed by atoms with Crippen molar-refractivity contribution in [2.24, 2.45) is 5.92 Å². The van der Waals surface area contributed by atoms with E-state index in [9.17, 15) is 4.79 Å². The number of hydrogen-bond donors (Lipinski definition) is 1. The van der Waals surface area contributed by atoms with Crippen LogP contribution in [0.5, 0.6) is 0 Å². The average Bonchev–Trinajstić information content (AvgIpc) is 2.75. The molecule has 0 saturated carbocycles. The third-order valence-electron chi connectivity index (χ3n) is 4.05. The first-order valence-corrected chi connectivity index (χ1v) is 8.15. The second-order valence-electron chi connectivity index (χ2n) is 6.31. The third kappa shape index (κ3) is 3.58. The van der Waals surface area contributed by atoms with E-state index in [1.807, 2.05) is 36.1 Å². The van der Waals surface area contributed by atoms with Crippen LogP contribution >= 0.6 is 11.6 Å². The zero-order valence-electron chi connectivity index (χ0n) is 13.3. The Hall–Kier alpha value is -1.06. The lowest BCUT2D eigenvalue weighted by atomic mass is 10.0. The van der Waals surface area contributed by atoms with Gasteiger partial charge in [0.15, 0.2) is 0 Å². The van der Waals surface area contributed by atoms with Crippen molar-refractivity contribution < 1.29 is 4.79 Å². The standard InChI is InChI=1S/C17H25ClN2O/c1-5-15-17(21)20(12(4)9-11(2)3)16(19-15)13-7-6-8-14(18)10-13/h6-8,10-12,15-16,19H,5,9H2,1-4H3. The lowest BCUT2D eigenvalue weighted by Crippen LogP contribution is -2.39. The van der Waals surface area contributed by atoms with Crippen LogP contribution in [0, 0.1) is 5.92 Å². The molecule has 3 unspecified atom stereocenters. The van der Waals surface area contributed by atoms with Gasteiger partial charge in [-0.3, -0.25) is 10.1 Å². The van der Waals surface area contributed by atoms with Crippen molar-refractivity contribution in [2.45, 2.75) is 58.8 Å². The topological polar surface area (TPSA) is 32.3 Å². The molecule has 0 aliphatic carbocycles. The van der Waals surface area contributed by atoms with Crippen LogP contribution in [0.15, 0.2) is 24.3 Å². The summed E-state index contributed by atoms with van der Waals surface area (Å²) in [5, 5.41) is 4.16. The highest BCUT2D eigenvalue weighted by Gasteiger charge is 2.41. The molecule has 0 radical (unpaired) electrons. The lowest BCUT2D eigenvalue weighted by Gasteiger charge is -2.31. The third-order valence-corrected chi connectivity index (χ3v) is 4.28. The molecule has 0 spiro atoms. The predicted octanol–water partition coefficient (Wildman–Crippen LogP) is 3.98. The second-order valence-corrected chi connectivity index (χ2v) is 6.75. The second kappa shape index (κ2) is 6.80. The minimum Gasteiger partial charge on any atom is -0.319 e. The highest BCUT2D eigenvalue weighted by atomic mass is 35.5. The first-order chi connectivity index (χ1) is 9.93. The summed E-state index contributed by atoms with van der Waals surface area (Å²) in [6.07, 6.45) is 1.73. The molecule has 1 aromatic rings. The maximum Gasteiger partial charge on any atom is 0.241 e. The van der Waals surface area contributed by atoms with Gasteiger partial charge in [0, 0.05) is 11.1 Å². The Kier molecular flexibility index (Phi) is 5.28. The first kappa shape index (κ1) is 16.3. The number of halogens is 1. The Labute approximate surface area is 132 Å². The van der Waals surface area contributed by atoms with Gasteiger partial charge in [-0.25, -0.2) is 0 Å². The fourth-order valence-corrected chi connectivity index (χ4v) is 3.34. The van der Waals surface area contributed by atoms with Crippen molar-refractivity contribution in [1.29, 1.82) is 0 Å². The highest BCUT2D eigenvalue weighted by Crippen LogP contribution is 2.31. The van der Waals surface area contributed by atoms with Gasteiger partial charge in [0.1, 0.15) is 6.17 Å². The van der Waals surface area contributed by atoms with Crippen LogP contribution in [0.25, 0.3) is 0 Å². The summed E-state index contributed by atoms with van der Waals surface area (Å²) >= 11 is 6.11. The van der Waals surface area contributed by atoms with Crippen LogP contribution in [-0.2, 0) is 4.79 Å². The highest BCUT2D eigenvalue weighted by molar-refractivity contribution is 6.30. The number of nitrogens with one attached hydrogen (secondary N) is 1. The SMILES string of the molecule is CCC1NC(c2cccc(Cl)c2)N(C(C)CC(C)C)C1=O. The number of amides is 1. The number of carbonyl (C=O) groups excluding carboxylic acids is 1. The van der Waals surface area contributed by atoms with E-state index >= 15 is 0 Å². The van der Waals surface area contributed by atoms with Crippen LogP contribution in [0.4, 0.5) is 0 Å². The van der Waals surface area contributed by atoms with E-state index < -0.39 is 0 Å². The average molecular weight is 309 g/mol. The largest absolute Gasteiger partial charge is 0.319 e. The summed E-state index contributed by atoms with van der Waals surface area (Å²) in [6, 6.07) is 7.90. The van der Waals surface area contributed by atoms with Gasteiger partial charge in [0.2, 0.25) is 5.91 Å². The molecule has 1 aromatic carbocycles. The van der Waals surface area contributed by atoms with E-state index in [1.165, 1.54) is 0 Å². The summed E-state index contributed by atoms with van der Waals surface area (Å²) in [7, 11) is 0.